The van der Waals surface area contributed by atoms with Gasteiger partial charge in [0.1, 0.15) is 0 Å². The van der Waals surface area contributed by atoms with E-state index < -0.39 is 10.0 Å². The summed E-state index contributed by atoms with van der Waals surface area (Å²) in [6.45, 7) is 3.67. The summed E-state index contributed by atoms with van der Waals surface area (Å²) >= 11 is 0. The zero-order chi connectivity index (χ0) is 14.8. The highest BCUT2D eigenvalue weighted by atomic mass is 32.2. The number of nitrogens with two attached hydrogens (primary N) is 1. The molecule has 116 valence electrons. The van der Waals surface area contributed by atoms with Gasteiger partial charge in [0.25, 0.3) is 0 Å². The molecule has 2 rings (SSSR count). The van der Waals surface area contributed by atoms with E-state index in [2.05, 4.69) is 4.90 Å². The molecule has 2 saturated heterocycles. The third kappa shape index (κ3) is 3.69. The Kier molecular flexibility index (Phi) is 5.00. The lowest BCUT2D eigenvalue weighted by Gasteiger charge is -2.34. The number of sulfonamides is 1. The minimum absolute atomic E-state index is 0.0819. The fourth-order valence-corrected chi connectivity index (χ4v) is 3.74. The van der Waals surface area contributed by atoms with E-state index in [1.165, 1.54) is 10.6 Å². The van der Waals surface area contributed by atoms with Crippen molar-refractivity contribution in [3.05, 3.63) is 0 Å². The van der Waals surface area contributed by atoms with Crippen LogP contribution in [0.5, 0.6) is 0 Å². The third-order valence-corrected chi connectivity index (χ3v) is 5.47. The van der Waals surface area contributed by atoms with Gasteiger partial charge in [0.15, 0.2) is 0 Å². The molecule has 1 unspecified atom stereocenters. The second-order valence-corrected chi connectivity index (χ2v) is 7.53. The van der Waals surface area contributed by atoms with Crippen molar-refractivity contribution in [1.82, 2.24) is 14.1 Å². The SMILES string of the molecule is CS(=O)(=O)N1CCN(C(=O)CN2CCCC2CN)CC1. The average Bonchev–Trinajstić information content (AvgIpc) is 2.85. The van der Waals surface area contributed by atoms with Crippen molar-refractivity contribution in [3.8, 4) is 0 Å². The fourth-order valence-electron chi connectivity index (χ4n) is 2.91. The van der Waals surface area contributed by atoms with Crippen LogP contribution >= 0.6 is 0 Å². The van der Waals surface area contributed by atoms with Gasteiger partial charge in [0.2, 0.25) is 15.9 Å². The van der Waals surface area contributed by atoms with Crippen LogP contribution in [-0.2, 0) is 14.8 Å². The normalized spacial score (nSPS) is 26.1. The fraction of sp³-hybridized carbons (Fsp3) is 0.917. The van der Waals surface area contributed by atoms with E-state index in [-0.39, 0.29) is 5.91 Å². The molecule has 2 aliphatic heterocycles. The van der Waals surface area contributed by atoms with Crippen molar-refractivity contribution in [2.24, 2.45) is 5.73 Å². The molecule has 0 aromatic carbocycles. The Balaban J connectivity index is 1.83. The quantitative estimate of drug-likeness (QED) is 0.684. The van der Waals surface area contributed by atoms with Crippen molar-refractivity contribution in [2.45, 2.75) is 18.9 Å². The lowest BCUT2D eigenvalue weighted by molar-refractivity contribution is -0.133. The third-order valence-electron chi connectivity index (χ3n) is 4.17. The van der Waals surface area contributed by atoms with Gasteiger partial charge in [-0.2, -0.15) is 4.31 Å². The first-order valence-corrected chi connectivity index (χ1v) is 8.93. The predicted octanol–water partition coefficient (Wildman–Crippen LogP) is -1.49. The van der Waals surface area contributed by atoms with Crippen LogP contribution in [0.1, 0.15) is 12.8 Å². The summed E-state index contributed by atoms with van der Waals surface area (Å²) in [5, 5.41) is 0. The first-order valence-electron chi connectivity index (χ1n) is 7.09. The zero-order valence-corrected chi connectivity index (χ0v) is 12.8. The number of hydrogen-bond acceptors (Lipinski definition) is 5. The Labute approximate surface area is 120 Å². The molecule has 20 heavy (non-hydrogen) atoms. The van der Waals surface area contributed by atoms with E-state index >= 15 is 0 Å². The van der Waals surface area contributed by atoms with E-state index in [0.29, 0.717) is 45.3 Å². The molecule has 0 spiro atoms. The van der Waals surface area contributed by atoms with Gasteiger partial charge in [-0.15, -0.1) is 0 Å². The van der Waals surface area contributed by atoms with Gasteiger partial charge in [-0.25, -0.2) is 8.42 Å². The van der Waals surface area contributed by atoms with Crippen molar-refractivity contribution < 1.29 is 13.2 Å². The van der Waals surface area contributed by atoms with Gasteiger partial charge in [0.05, 0.1) is 12.8 Å². The minimum Gasteiger partial charge on any atom is -0.339 e. The molecule has 0 bridgehead atoms. The largest absolute Gasteiger partial charge is 0.339 e. The van der Waals surface area contributed by atoms with Crippen LogP contribution in [0, 0.1) is 0 Å². The lowest BCUT2D eigenvalue weighted by Crippen LogP contribution is -2.53. The molecule has 1 amide bonds. The van der Waals surface area contributed by atoms with Crippen LogP contribution in [-0.4, -0.2) is 86.5 Å². The predicted molar refractivity (Wildman–Crippen MR) is 76.6 cm³/mol. The molecule has 7 nitrogen and oxygen atoms in total. The molecule has 2 fully saturated rings. The van der Waals surface area contributed by atoms with Crippen molar-refractivity contribution in [1.29, 1.82) is 0 Å². The second-order valence-electron chi connectivity index (χ2n) is 5.55. The van der Waals surface area contributed by atoms with Crippen LogP contribution in [0.15, 0.2) is 0 Å². The maximum Gasteiger partial charge on any atom is 0.236 e. The second kappa shape index (κ2) is 6.38. The summed E-state index contributed by atoms with van der Waals surface area (Å²) < 4.78 is 24.3. The number of rotatable bonds is 4. The summed E-state index contributed by atoms with van der Waals surface area (Å²) in [6, 6.07) is 0.316. The minimum atomic E-state index is -3.14. The maximum atomic E-state index is 12.2. The number of carbonyl (C=O) groups is 1. The van der Waals surface area contributed by atoms with Crippen LogP contribution in [0.2, 0.25) is 0 Å². The van der Waals surface area contributed by atoms with Gasteiger partial charge in [-0.05, 0) is 19.4 Å². The molecule has 2 heterocycles. The van der Waals surface area contributed by atoms with Crippen molar-refractivity contribution in [2.75, 3.05) is 52.1 Å². The van der Waals surface area contributed by atoms with Crippen LogP contribution in [0.4, 0.5) is 0 Å². The Morgan fingerprint density at radius 3 is 2.40 bits per heavy atom. The Hall–Kier alpha value is -0.700. The topological polar surface area (TPSA) is 87.0 Å². The summed E-state index contributed by atoms with van der Waals surface area (Å²) in [6.07, 6.45) is 3.36. The summed E-state index contributed by atoms with van der Waals surface area (Å²) in [5.41, 5.74) is 5.70. The van der Waals surface area contributed by atoms with Gasteiger partial charge in [-0.1, -0.05) is 0 Å². The van der Waals surface area contributed by atoms with Gasteiger partial charge in [0, 0.05) is 38.8 Å². The average molecular weight is 304 g/mol. The standard InChI is InChI=1S/C12H24N4O3S/c1-20(18,19)16-7-5-14(6-8-16)12(17)10-15-4-2-3-11(15)9-13/h11H,2-10,13H2,1H3. The van der Waals surface area contributed by atoms with Gasteiger partial charge < -0.3 is 10.6 Å². The Bertz CT molecular complexity index is 446. The van der Waals surface area contributed by atoms with E-state index in [1.807, 2.05) is 0 Å². The van der Waals surface area contributed by atoms with Crippen molar-refractivity contribution in [3.63, 3.8) is 0 Å². The number of carbonyl (C=O) groups excluding carboxylic acids is 1. The molecular formula is C12H24N4O3S. The highest BCUT2D eigenvalue weighted by Gasteiger charge is 2.29. The van der Waals surface area contributed by atoms with E-state index in [9.17, 15) is 13.2 Å². The molecule has 0 aromatic rings. The van der Waals surface area contributed by atoms with Crippen molar-refractivity contribution >= 4 is 15.9 Å². The molecule has 1 atom stereocenters. The molecular weight excluding hydrogens is 280 g/mol. The molecule has 0 radical (unpaired) electrons. The molecule has 8 heteroatoms. The summed E-state index contributed by atoms with van der Waals surface area (Å²) in [4.78, 5) is 16.1. The molecule has 2 N–H and O–H groups in total. The van der Waals surface area contributed by atoms with Crippen LogP contribution < -0.4 is 5.73 Å². The smallest absolute Gasteiger partial charge is 0.236 e. The van der Waals surface area contributed by atoms with Gasteiger partial charge in [-0.3, -0.25) is 9.69 Å². The number of hydrogen-bond donors (Lipinski definition) is 1. The molecule has 0 aliphatic carbocycles. The van der Waals surface area contributed by atoms with Crippen LogP contribution in [0.3, 0.4) is 0 Å². The lowest BCUT2D eigenvalue weighted by atomic mass is 10.2. The zero-order valence-electron chi connectivity index (χ0n) is 12.0. The number of piperazine rings is 1. The number of amides is 1. The number of likely N-dealkylation sites (tertiary alicyclic amines) is 1. The monoisotopic (exact) mass is 304 g/mol. The first-order chi connectivity index (χ1) is 9.41. The highest BCUT2D eigenvalue weighted by molar-refractivity contribution is 7.88. The van der Waals surface area contributed by atoms with Gasteiger partial charge >= 0.3 is 0 Å². The van der Waals surface area contributed by atoms with E-state index in [1.54, 1.807) is 4.90 Å². The molecule has 0 aromatic heterocycles. The summed E-state index contributed by atoms with van der Waals surface area (Å²) in [5.74, 6) is 0.0819. The Morgan fingerprint density at radius 2 is 1.85 bits per heavy atom. The highest BCUT2D eigenvalue weighted by Crippen LogP contribution is 2.16. The van der Waals surface area contributed by atoms with E-state index in [0.717, 1.165) is 19.4 Å². The molecule has 0 saturated carbocycles. The first kappa shape index (κ1) is 15.7. The van der Waals surface area contributed by atoms with E-state index in [4.69, 9.17) is 5.73 Å². The molecule has 2 aliphatic rings. The number of nitrogens with zero attached hydrogens (tertiary/aromatic N) is 3. The summed E-state index contributed by atoms with van der Waals surface area (Å²) in [7, 11) is -3.14. The Morgan fingerprint density at radius 1 is 1.20 bits per heavy atom. The van der Waals surface area contributed by atoms with Crippen LogP contribution in [0.25, 0.3) is 0 Å². The maximum absolute atomic E-state index is 12.2.